The summed E-state index contributed by atoms with van der Waals surface area (Å²) < 4.78 is 67.7. The average Bonchev–Trinajstić information content (AvgIpc) is 2.95. The lowest BCUT2D eigenvalue weighted by Crippen LogP contribution is -2.29. The van der Waals surface area contributed by atoms with E-state index in [0.29, 0.717) is 22.6 Å². The van der Waals surface area contributed by atoms with Gasteiger partial charge in [0.15, 0.2) is 0 Å². The molecule has 0 aliphatic rings. The predicted molar refractivity (Wildman–Crippen MR) is 116 cm³/mol. The molecule has 0 saturated heterocycles. The van der Waals surface area contributed by atoms with Gasteiger partial charge in [0.2, 0.25) is 11.7 Å². The smallest absolute Gasteiger partial charge is 0.355 e. The molecule has 0 spiro atoms. The Morgan fingerprint density at radius 3 is 2.25 bits per heavy atom. The molecular formula is C21H24ClF3N2O4S. The van der Waals surface area contributed by atoms with Gasteiger partial charge in [-0.3, -0.25) is 4.79 Å². The molecule has 0 aliphatic heterocycles. The van der Waals surface area contributed by atoms with Crippen LogP contribution in [0.3, 0.4) is 0 Å². The van der Waals surface area contributed by atoms with Crippen molar-refractivity contribution < 1.29 is 30.6 Å². The van der Waals surface area contributed by atoms with Crippen molar-refractivity contribution in [1.29, 1.82) is 0 Å². The van der Waals surface area contributed by atoms with Crippen LogP contribution in [0.15, 0.2) is 17.7 Å². The highest BCUT2D eigenvalue weighted by Crippen LogP contribution is 2.35. The highest BCUT2D eigenvalue weighted by Gasteiger charge is 2.49. The van der Waals surface area contributed by atoms with Gasteiger partial charge in [-0.1, -0.05) is 24.1 Å². The summed E-state index contributed by atoms with van der Waals surface area (Å²) in [6, 6.07) is 2.96. The van der Waals surface area contributed by atoms with Crippen molar-refractivity contribution in [3.63, 3.8) is 0 Å². The van der Waals surface area contributed by atoms with Crippen LogP contribution in [-0.2, 0) is 16.7 Å². The first-order chi connectivity index (χ1) is 14.6. The molecule has 0 amide bonds. The summed E-state index contributed by atoms with van der Waals surface area (Å²) in [6.45, 7) is 10.4. The van der Waals surface area contributed by atoms with Crippen molar-refractivity contribution in [3.8, 4) is 5.88 Å². The van der Waals surface area contributed by atoms with E-state index in [1.165, 1.54) is 19.1 Å². The first-order valence-electron chi connectivity index (χ1n) is 9.70. The number of alkyl halides is 3. The quantitative estimate of drug-likeness (QED) is 0.276. The number of aryl methyl sites for hydroxylation is 2. The van der Waals surface area contributed by atoms with E-state index in [2.05, 4.69) is 9.28 Å². The maximum atomic E-state index is 13.4. The molecule has 0 fully saturated rings. The Morgan fingerprint density at radius 1 is 1.16 bits per heavy atom. The monoisotopic (exact) mass is 492 g/mol. The van der Waals surface area contributed by atoms with Gasteiger partial charge in [-0.2, -0.15) is 26.7 Å². The van der Waals surface area contributed by atoms with Gasteiger partial charge in [0, 0.05) is 17.1 Å². The zero-order valence-electron chi connectivity index (χ0n) is 18.5. The summed E-state index contributed by atoms with van der Waals surface area (Å²) in [5.74, 6) is -1.48. The number of hydrogen-bond acceptors (Lipinski definition) is 5. The Balaban J connectivity index is 2.76. The highest BCUT2D eigenvalue weighted by atomic mass is 35.5. The van der Waals surface area contributed by atoms with Crippen LogP contribution < -0.4 is 4.18 Å². The third-order valence-corrected chi connectivity index (χ3v) is 6.26. The molecule has 176 valence electrons. The fourth-order valence-electron chi connectivity index (χ4n) is 3.19. The van der Waals surface area contributed by atoms with Crippen LogP contribution in [0.1, 0.15) is 66.9 Å². The number of nitrogens with zero attached hydrogens (tertiary/aromatic N) is 2. The van der Waals surface area contributed by atoms with E-state index < -0.39 is 27.3 Å². The van der Waals surface area contributed by atoms with Gasteiger partial charge in [0.05, 0.1) is 5.69 Å². The minimum Gasteiger partial charge on any atom is -0.355 e. The third-order valence-electron chi connectivity index (χ3n) is 5.00. The van der Waals surface area contributed by atoms with E-state index in [0.717, 1.165) is 15.8 Å². The molecule has 2 aromatic rings. The predicted octanol–water partition coefficient (Wildman–Crippen LogP) is 5.84. The largest absolute Gasteiger partial charge is 0.534 e. The van der Waals surface area contributed by atoms with Crippen LogP contribution in [0.2, 0.25) is 5.02 Å². The fraction of sp³-hybridized carbons (Fsp3) is 0.429. The van der Waals surface area contributed by atoms with E-state index >= 15 is 0 Å². The number of carbonyl (C=O) groups excluding carboxylic acids is 1. The lowest BCUT2D eigenvalue weighted by molar-refractivity contribution is -0.0502. The molecule has 1 heterocycles. The molecule has 6 nitrogen and oxygen atoms in total. The molecule has 32 heavy (non-hydrogen) atoms. The lowest BCUT2D eigenvalue weighted by atomic mass is 9.91. The lowest BCUT2D eigenvalue weighted by Gasteiger charge is -2.16. The second-order valence-electron chi connectivity index (χ2n) is 7.52. The van der Waals surface area contributed by atoms with Crippen LogP contribution >= 0.6 is 11.6 Å². The van der Waals surface area contributed by atoms with Crippen molar-refractivity contribution in [3.05, 3.63) is 50.7 Å². The minimum atomic E-state index is -6.01. The normalized spacial score (nSPS) is 12.1. The van der Waals surface area contributed by atoms with Gasteiger partial charge < -0.3 is 4.18 Å². The number of hydrogen-bond donors (Lipinski definition) is 0. The van der Waals surface area contributed by atoms with Gasteiger partial charge in [0.25, 0.3) is 0 Å². The van der Waals surface area contributed by atoms with Crippen LogP contribution in [0.25, 0.3) is 5.57 Å². The second kappa shape index (κ2) is 9.27. The van der Waals surface area contributed by atoms with Gasteiger partial charge in [-0.05, 0) is 69.9 Å². The highest BCUT2D eigenvalue weighted by molar-refractivity contribution is 7.88. The number of halogens is 4. The number of aromatic nitrogens is 2. The number of carbonyl (C=O) groups is 1. The molecular weight excluding hydrogens is 469 g/mol. The fourth-order valence-corrected chi connectivity index (χ4v) is 4.01. The summed E-state index contributed by atoms with van der Waals surface area (Å²) in [6.07, 6.45) is 0.418. The Morgan fingerprint density at radius 2 is 1.75 bits per heavy atom. The third kappa shape index (κ3) is 4.85. The van der Waals surface area contributed by atoms with Crippen LogP contribution in [-0.4, -0.2) is 29.5 Å². The second-order valence-corrected chi connectivity index (χ2v) is 9.47. The summed E-state index contributed by atoms with van der Waals surface area (Å²) in [5.41, 5.74) is -2.87. The summed E-state index contributed by atoms with van der Waals surface area (Å²) in [7, 11) is -6.01. The Kier molecular flexibility index (Phi) is 7.51. The van der Waals surface area contributed by atoms with Gasteiger partial charge in [-0.15, -0.1) is 0 Å². The van der Waals surface area contributed by atoms with Gasteiger partial charge >= 0.3 is 15.6 Å². The number of benzene rings is 1. The van der Waals surface area contributed by atoms with Crippen molar-refractivity contribution in [1.82, 2.24) is 9.78 Å². The minimum absolute atomic E-state index is 0.0469. The Labute approximate surface area is 190 Å². The number of rotatable bonds is 7. The SMILES string of the molecule is CCCn1nc(C)c(C(=O)c2ccc(Cl)c(C(C)=C(C)C)c2C)c1OS(=O)(=O)C(F)(F)F. The molecule has 2 rings (SSSR count). The van der Waals surface area contributed by atoms with Gasteiger partial charge in [-0.25, -0.2) is 4.68 Å². The summed E-state index contributed by atoms with van der Waals surface area (Å²) >= 11 is 6.35. The zero-order chi connectivity index (χ0) is 24.6. The van der Waals surface area contributed by atoms with E-state index in [-0.39, 0.29) is 23.4 Å². The van der Waals surface area contributed by atoms with E-state index in [1.54, 1.807) is 13.8 Å². The first-order valence-corrected chi connectivity index (χ1v) is 11.5. The number of ketones is 1. The van der Waals surface area contributed by atoms with E-state index in [9.17, 15) is 26.4 Å². The molecule has 0 atom stereocenters. The van der Waals surface area contributed by atoms with Crippen LogP contribution in [0.5, 0.6) is 5.88 Å². The topological polar surface area (TPSA) is 78.3 Å². The molecule has 0 aliphatic carbocycles. The molecule has 0 N–H and O–H groups in total. The molecule has 11 heteroatoms. The van der Waals surface area contributed by atoms with Crippen molar-refractivity contribution in [2.75, 3.05) is 0 Å². The van der Waals surface area contributed by atoms with Gasteiger partial charge in [0.1, 0.15) is 5.56 Å². The van der Waals surface area contributed by atoms with E-state index in [4.69, 9.17) is 11.6 Å². The molecule has 0 unspecified atom stereocenters. The van der Waals surface area contributed by atoms with Crippen molar-refractivity contribution in [2.24, 2.45) is 0 Å². The molecule has 1 aromatic carbocycles. The number of allylic oxidation sites excluding steroid dienone is 2. The Bertz CT molecular complexity index is 1190. The zero-order valence-corrected chi connectivity index (χ0v) is 20.1. The summed E-state index contributed by atoms with van der Waals surface area (Å²) in [5, 5.41) is 4.46. The Hall–Kier alpha value is -2.33. The standard InChI is InChI=1S/C21H24ClF3N2O4S/c1-7-10-27-20(31-32(29,30)21(23,24)25)18(14(6)26-27)19(28)15-8-9-16(22)17(13(15)5)12(4)11(2)3/h8-9H,7,10H2,1-6H3. The summed E-state index contributed by atoms with van der Waals surface area (Å²) in [4.78, 5) is 13.4. The van der Waals surface area contributed by atoms with Crippen molar-refractivity contribution in [2.45, 2.75) is 60.0 Å². The van der Waals surface area contributed by atoms with E-state index in [1.807, 2.05) is 20.8 Å². The first kappa shape index (κ1) is 25.9. The van der Waals surface area contributed by atoms with Crippen LogP contribution in [0, 0.1) is 13.8 Å². The average molecular weight is 493 g/mol. The molecule has 1 aromatic heterocycles. The molecule has 0 radical (unpaired) electrons. The molecule has 0 saturated carbocycles. The van der Waals surface area contributed by atoms with Crippen molar-refractivity contribution >= 4 is 33.1 Å². The maximum Gasteiger partial charge on any atom is 0.534 e. The maximum absolute atomic E-state index is 13.4. The van der Waals surface area contributed by atoms with Crippen LogP contribution in [0.4, 0.5) is 13.2 Å². The molecule has 0 bridgehead atoms.